The molecule has 0 radical (unpaired) electrons. The Kier molecular flexibility index (Phi) is 3.75. The summed E-state index contributed by atoms with van der Waals surface area (Å²) in [5.41, 5.74) is 2.51. The van der Waals surface area contributed by atoms with Crippen molar-refractivity contribution in [3.63, 3.8) is 0 Å². The minimum atomic E-state index is 0.155. The first kappa shape index (κ1) is 10.8. The van der Waals surface area contributed by atoms with Crippen LogP contribution in [0.4, 0.5) is 0 Å². The first-order chi connectivity index (χ1) is 6.63. The SMILES string of the molecule is CC=C(C)C(C)Oc1ccc(C)cc1. The van der Waals surface area contributed by atoms with E-state index in [1.807, 2.05) is 19.1 Å². The number of hydrogen-bond donors (Lipinski definition) is 0. The number of aryl methyl sites for hydroxylation is 1. The van der Waals surface area contributed by atoms with Crippen LogP contribution in [-0.4, -0.2) is 6.10 Å². The van der Waals surface area contributed by atoms with Crippen molar-refractivity contribution in [3.8, 4) is 5.75 Å². The molecule has 0 N–H and O–H groups in total. The Morgan fingerprint density at radius 1 is 1.29 bits per heavy atom. The average molecular weight is 190 g/mol. The number of allylic oxidation sites excluding steroid dienone is 1. The molecule has 0 saturated heterocycles. The Morgan fingerprint density at radius 2 is 1.86 bits per heavy atom. The van der Waals surface area contributed by atoms with Crippen molar-refractivity contribution in [3.05, 3.63) is 41.5 Å². The van der Waals surface area contributed by atoms with E-state index in [9.17, 15) is 0 Å². The second-order valence-electron chi connectivity index (χ2n) is 3.61. The monoisotopic (exact) mass is 190 g/mol. The third-order valence-corrected chi connectivity index (χ3v) is 2.43. The van der Waals surface area contributed by atoms with Crippen LogP contribution in [0, 0.1) is 6.92 Å². The summed E-state index contributed by atoms with van der Waals surface area (Å²) in [5.74, 6) is 0.935. The van der Waals surface area contributed by atoms with Gasteiger partial charge in [-0.3, -0.25) is 0 Å². The number of ether oxygens (including phenoxy) is 1. The van der Waals surface area contributed by atoms with Gasteiger partial charge >= 0.3 is 0 Å². The Hall–Kier alpha value is -1.24. The zero-order valence-electron chi connectivity index (χ0n) is 9.37. The average Bonchev–Trinajstić information content (AvgIpc) is 2.20. The third kappa shape index (κ3) is 2.91. The maximum atomic E-state index is 5.75. The molecule has 1 atom stereocenters. The Bertz CT molecular complexity index is 309. The summed E-state index contributed by atoms with van der Waals surface area (Å²) < 4.78 is 5.75. The largest absolute Gasteiger partial charge is 0.486 e. The van der Waals surface area contributed by atoms with E-state index in [4.69, 9.17) is 4.74 Å². The Labute approximate surface area is 86.4 Å². The molecular formula is C13H18O. The van der Waals surface area contributed by atoms with Crippen molar-refractivity contribution in [2.24, 2.45) is 0 Å². The normalized spacial score (nSPS) is 13.9. The molecule has 0 aliphatic rings. The van der Waals surface area contributed by atoms with Crippen LogP contribution in [0.15, 0.2) is 35.9 Å². The van der Waals surface area contributed by atoms with Gasteiger partial charge in [0, 0.05) is 0 Å². The lowest BCUT2D eigenvalue weighted by molar-refractivity contribution is 0.257. The third-order valence-electron chi connectivity index (χ3n) is 2.43. The minimum Gasteiger partial charge on any atom is -0.486 e. The molecule has 0 aliphatic heterocycles. The van der Waals surface area contributed by atoms with Crippen molar-refractivity contribution in [2.45, 2.75) is 33.8 Å². The molecule has 0 fully saturated rings. The lowest BCUT2D eigenvalue weighted by atomic mass is 10.2. The molecule has 1 aromatic rings. The van der Waals surface area contributed by atoms with Crippen LogP contribution in [-0.2, 0) is 0 Å². The van der Waals surface area contributed by atoms with Gasteiger partial charge in [-0.25, -0.2) is 0 Å². The summed E-state index contributed by atoms with van der Waals surface area (Å²) in [6, 6.07) is 8.14. The molecule has 1 aromatic carbocycles. The summed E-state index contributed by atoms with van der Waals surface area (Å²) >= 11 is 0. The van der Waals surface area contributed by atoms with Crippen LogP contribution in [0.1, 0.15) is 26.3 Å². The van der Waals surface area contributed by atoms with Gasteiger partial charge in [0.2, 0.25) is 0 Å². The van der Waals surface area contributed by atoms with E-state index in [0.29, 0.717) is 0 Å². The lowest BCUT2D eigenvalue weighted by Gasteiger charge is -2.15. The van der Waals surface area contributed by atoms with Crippen molar-refractivity contribution in [1.29, 1.82) is 0 Å². The molecule has 14 heavy (non-hydrogen) atoms. The Morgan fingerprint density at radius 3 is 2.36 bits per heavy atom. The highest BCUT2D eigenvalue weighted by molar-refractivity contribution is 5.27. The van der Waals surface area contributed by atoms with Gasteiger partial charge in [0.15, 0.2) is 0 Å². The molecule has 1 nitrogen and oxygen atoms in total. The highest BCUT2D eigenvalue weighted by atomic mass is 16.5. The standard InChI is InChI=1S/C13H18O/c1-5-11(3)12(4)14-13-8-6-10(2)7-9-13/h5-9,12H,1-4H3. The second-order valence-corrected chi connectivity index (χ2v) is 3.61. The smallest absolute Gasteiger partial charge is 0.120 e. The first-order valence-electron chi connectivity index (χ1n) is 4.99. The summed E-state index contributed by atoms with van der Waals surface area (Å²) in [4.78, 5) is 0. The van der Waals surface area contributed by atoms with E-state index < -0.39 is 0 Å². The van der Waals surface area contributed by atoms with E-state index in [0.717, 1.165) is 5.75 Å². The summed E-state index contributed by atoms with van der Waals surface area (Å²) in [5, 5.41) is 0. The molecular weight excluding hydrogens is 172 g/mol. The van der Waals surface area contributed by atoms with Gasteiger partial charge in [0.25, 0.3) is 0 Å². The quantitative estimate of drug-likeness (QED) is 0.660. The molecule has 0 aromatic heterocycles. The van der Waals surface area contributed by atoms with Gasteiger partial charge in [0.1, 0.15) is 11.9 Å². The molecule has 0 spiro atoms. The Balaban J connectivity index is 2.65. The molecule has 1 rings (SSSR count). The molecule has 0 bridgehead atoms. The van der Waals surface area contributed by atoms with Crippen LogP contribution in [0.5, 0.6) is 5.75 Å². The van der Waals surface area contributed by atoms with Crippen LogP contribution < -0.4 is 4.74 Å². The van der Waals surface area contributed by atoms with Crippen molar-refractivity contribution in [1.82, 2.24) is 0 Å². The van der Waals surface area contributed by atoms with Gasteiger partial charge < -0.3 is 4.74 Å². The van der Waals surface area contributed by atoms with Gasteiger partial charge in [-0.1, -0.05) is 23.8 Å². The minimum absolute atomic E-state index is 0.155. The van der Waals surface area contributed by atoms with E-state index in [2.05, 4.69) is 39.0 Å². The molecule has 76 valence electrons. The van der Waals surface area contributed by atoms with Gasteiger partial charge in [0.05, 0.1) is 0 Å². The van der Waals surface area contributed by atoms with Crippen molar-refractivity contribution in [2.75, 3.05) is 0 Å². The molecule has 1 heteroatoms. The van der Waals surface area contributed by atoms with E-state index >= 15 is 0 Å². The molecule has 0 saturated carbocycles. The van der Waals surface area contributed by atoms with Crippen LogP contribution in [0.3, 0.4) is 0 Å². The van der Waals surface area contributed by atoms with Gasteiger partial charge in [-0.05, 0) is 45.4 Å². The predicted octanol–water partition coefficient (Wildman–Crippen LogP) is 3.73. The maximum Gasteiger partial charge on any atom is 0.120 e. The predicted molar refractivity (Wildman–Crippen MR) is 60.7 cm³/mol. The van der Waals surface area contributed by atoms with Crippen molar-refractivity contribution < 1.29 is 4.74 Å². The van der Waals surface area contributed by atoms with Crippen LogP contribution in [0.25, 0.3) is 0 Å². The molecule has 0 aliphatic carbocycles. The second kappa shape index (κ2) is 4.85. The lowest BCUT2D eigenvalue weighted by Crippen LogP contribution is -2.12. The molecule has 1 unspecified atom stereocenters. The van der Waals surface area contributed by atoms with Gasteiger partial charge in [-0.2, -0.15) is 0 Å². The molecule has 0 amide bonds. The number of rotatable bonds is 3. The first-order valence-corrected chi connectivity index (χ1v) is 4.99. The van der Waals surface area contributed by atoms with Gasteiger partial charge in [-0.15, -0.1) is 0 Å². The topological polar surface area (TPSA) is 9.23 Å². The maximum absolute atomic E-state index is 5.75. The fourth-order valence-corrected chi connectivity index (χ4v) is 1.15. The number of hydrogen-bond acceptors (Lipinski definition) is 1. The number of benzene rings is 1. The highest BCUT2D eigenvalue weighted by Gasteiger charge is 2.04. The van der Waals surface area contributed by atoms with Crippen molar-refractivity contribution >= 4 is 0 Å². The highest BCUT2D eigenvalue weighted by Crippen LogP contribution is 2.15. The summed E-state index contributed by atoms with van der Waals surface area (Å²) in [7, 11) is 0. The summed E-state index contributed by atoms with van der Waals surface area (Å²) in [6.45, 7) is 8.25. The van der Waals surface area contributed by atoms with Crippen LogP contribution >= 0.6 is 0 Å². The van der Waals surface area contributed by atoms with E-state index in [1.54, 1.807) is 0 Å². The zero-order chi connectivity index (χ0) is 10.6. The fourth-order valence-electron chi connectivity index (χ4n) is 1.15. The van der Waals surface area contributed by atoms with E-state index in [1.165, 1.54) is 11.1 Å². The van der Waals surface area contributed by atoms with E-state index in [-0.39, 0.29) is 6.10 Å². The zero-order valence-corrected chi connectivity index (χ0v) is 9.37. The summed E-state index contributed by atoms with van der Waals surface area (Å²) in [6.07, 6.45) is 2.24. The fraction of sp³-hybridized carbons (Fsp3) is 0.385. The van der Waals surface area contributed by atoms with Crippen LogP contribution in [0.2, 0.25) is 0 Å². The molecule has 0 heterocycles.